The molecule has 2 aliphatic rings. The smallest absolute Gasteiger partial charge is 0.252 e. The number of hydrogen-bond donors (Lipinski definition) is 1. The second kappa shape index (κ2) is 4.71. The van der Waals surface area contributed by atoms with Crippen LogP contribution in [-0.4, -0.2) is 29.6 Å². The number of hydrogen-bond acceptors (Lipinski definition) is 3. The van der Waals surface area contributed by atoms with Crippen molar-refractivity contribution < 1.29 is 9.53 Å². The first-order chi connectivity index (χ1) is 8.78. The zero-order chi connectivity index (χ0) is 12.5. The first kappa shape index (κ1) is 11.7. The molecule has 0 bridgehead atoms. The van der Waals surface area contributed by atoms with Crippen molar-refractivity contribution in [2.75, 3.05) is 6.54 Å². The van der Waals surface area contributed by atoms with Gasteiger partial charge in [-0.2, -0.15) is 0 Å². The highest BCUT2D eigenvalue weighted by molar-refractivity contribution is 5.81. The van der Waals surface area contributed by atoms with Crippen molar-refractivity contribution in [1.29, 1.82) is 0 Å². The van der Waals surface area contributed by atoms with E-state index in [0.29, 0.717) is 19.6 Å². The predicted octanol–water partition coefficient (Wildman–Crippen LogP) is 1.04. The van der Waals surface area contributed by atoms with E-state index >= 15 is 0 Å². The summed E-state index contributed by atoms with van der Waals surface area (Å²) in [5, 5.41) is 0. The lowest BCUT2D eigenvalue weighted by molar-refractivity contribution is -0.143. The van der Waals surface area contributed by atoms with Gasteiger partial charge in [-0.15, -0.1) is 0 Å². The highest BCUT2D eigenvalue weighted by Crippen LogP contribution is 2.26. The summed E-state index contributed by atoms with van der Waals surface area (Å²) in [6, 6.07) is 8.20. The summed E-state index contributed by atoms with van der Waals surface area (Å²) in [6.45, 7) is 1.92. The fourth-order valence-electron chi connectivity index (χ4n) is 2.75. The van der Waals surface area contributed by atoms with Gasteiger partial charge in [0, 0.05) is 19.6 Å². The Labute approximate surface area is 107 Å². The lowest BCUT2D eigenvalue weighted by Gasteiger charge is -2.20. The normalized spacial score (nSPS) is 26.4. The van der Waals surface area contributed by atoms with Crippen molar-refractivity contribution in [3.05, 3.63) is 35.4 Å². The minimum Gasteiger partial charge on any atom is -0.364 e. The van der Waals surface area contributed by atoms with Gasteiger partial charge >= 0.3 is 0 Å². The average molecular weight is 246 g/mol. The molecule has 2 N–H and O–H groups in total. The highest BCUT2D eigenvalue weighted by Gasteiger charge is 2.34. The van der Waals surface area contributed by atoms with Gasteiger partial charge in [0.25, 0.3) is 5.91 Å². The van der Waals surface area contributed by atoms with E-state index < -0.39 is 0 Å². The van der Waals surface area contributed by atoms with Crippen LogP contribution >= 0.6 is 0 Å². The van der Waals surface area contributed by atoms with E-state index in [1.54, 1.807) is 0 Å². The monoisotopic (exact) mass is 246 g/mol. The van der Waals surface area contributed by atoms with Gasteiger partial charge in [-0.3, -0.25) is 4.79 Å². The molecule has 4 heteroatoms. The molecule has 18 heavy (non-hydrogen) atoms. The zero-order valence-corrected chi connectivity index (χ0v) is 10.3. The molecule has 0 saturated carbocycles. The Hall–Kier alpha value is -1.39. The first-order valence-corrected chi connectivity index (χ1v) is 6.49. The summed E-state index contributed by atoms with van der Waals surface area (Å²) in [7, 11) is 0. The maximum absolute atomic E-state index is 12.3. The number of carbonyl (C=O) groups is 1. The SMILES string of the molecule is NCC1CCC(C(=O)N2Cc3ccccc3C2)O1. The Morgan fingerprint density at radius 3 is 2.50 bits per heavy atom. The Morgan fingerprint density at radius 1 is 1.28 bits per heavy atom. The standard InChI is InChI=1S/C14H18N2O2/c15-7-12-5-6-13(18-12)14(17)16-8-10-3-1-2-4-11(10)9-16/h1-4,12-13H,5-9,15H2. The minimum absolute atomic E-state index is 0.0592. The summed E-state index contributed by atoms with van der Waals surface area (Å²) in [4.78, 5) is 14.2. The van der Waals surface area contributed by atoms with Crippen LogP contribution < -0.4 is 5.73 Å². The molecule has 2 atom stereocenters. The summed E-state index contributed by atoms with van der Waals surface area (Å²) in [6.07, 6.45) is 1.47. The maximum Gasteiger partial charge on any atom is 0.252 e. The maximum atomic E-state index is 12.3. The van der Waals surface area contributed by atoms with Crippen LogP contribution in [0, 0.1) is 0 Å². The molecule has 1 amide bonds. The molecule has 2 aliphatic heterocycles. The second-order valence-electron chi connectivity index (χ2n) is 5.02. The molecule has 96 valence electrons. The van der Waals surface area contributed by atoms with Crippen molar-refractivity contribution in [3.63, 3.8) is 0 Å². The lowest BCUT2D eigenvalue weighted by atomic mass is 10.1. The van der Waals surface area contributed by atoms with Crippen LogP contribution in [-0.2, 0) is 22.6 Å². The Morgan fingerprint density at radius 2 is 1.94 bits per heavy atom. The molecular weight excluding hydrogens is 228 g/mol. The lowest BCUT2D eigenvalue weighted by Crippen LogP contribution is -2.36. The van der Waals surface area contributed by atoms with Gasteiger partial charge in [0.1, 0.15) is 6.10 Å². The molecule has 1 saturated heterocycles. The van der Waals surface area contributed by atoms with Gasteiger partial charge < -0.3 is 15.4 Å². The number of benzene rings is 1. The quantitative estimate of drug-likeness (QED) is 0.848. The molecular formula is C14H18N2O2. The molecule has 4 nitrogen and oxygen atoms in total. The first-order valence-electron chi connectivity index (χ1n) is 6.49. The van der Waals surface area contributed by atoms with E-state index in [0.717, 1.165) is 12.8 Å². The van der Waals surface area contributed by atoms with Gasteiger partial charge in [0.05, 0.1) is 6.10 Å². The zero-order valence-electron chi connectivity index (χ0n) is 10.3. The summed E-state index contributed by atoms with van der Waals surface area (Å²) < 4.78 is 5.67. The molecule has 0 radical (unpaired) electrons. The molecule has 0 aliphatic carbocycles. The van der Waals surface area contributed by atoms with E-state index in [9.17, 15) is 4.79 Å². The summed E-state index contributed by atoms with van der Waals surface area (Å²) >= 11 is 0. The van der Waals surface area contributed by atoms with Crippen molar-refractivity contribution in [2.24, 2.45) is 5.73 Å². The number of amides is 1. The van der Waals surface area contributed by atoms with E-state index in [1.807, 2.05) is 17.0 Å². The second-order valence-corrected chi connectivity index (χ2v) is 5.02. The number of nitrogens with two attached hydrogens (primary N) is 1. The van der Waals surface area contributed by atoms with Crippen molar-refractivity contribution in [3.8, 4) is 0 Å². The Balaban J connectivity index is 1.66. The number of rotatable bonds is 2. The number of nitrogens with zero attached hydrogens (tertiary/aromatic N) is 1. The number of carbonyl (C=O) groups excluding carboxylic acids is 1. The van der Waals surface area contributed by atoms with Crippen molar-refractivity contribution in [2.45, 2.75) is 38.1 Å². The van der Waals surface area contributed by atoms with Gasteiger partial charge in [0.15, 0.2) is 0 Å². The average Bonchev–Trinajstić information content (AvgIpc) is 3.04. The van der Waals surface area contributed by atoms with Crippen LogP contribution in [0.4, 0.5) is 0 Å². The van der Waals surface area contributed by atoms with Crippen LogP contribution in [0.15, 0.2) is 24.3 Å². The molecule has 0 aromatic heterocycles. The molecule has 1 aromatic carbocycles. The van der Waals surface area contributed by atoms with E-state index in [1.165, 1.54) is 11.1 Å². The predicted molar refractivity (Wildman–Crippen MR) is 67.6 cm³/mol. The van der Waals surface area contributed by atoms with Gasteiger partial charge in [-0.1, -0.05) is 24.3 Å². The van der Waals surface area contributed by atoms with Crippen molar-refractivity contribution >= 4 is 5.91 Å². The largest absolute Gasteiger partial charge is 0.364 e. The number of ether oxygens (including phenoxy) is 1. The van der Waals surface area contributed by atoms with E-state index in [-0.39, 0.29) is 18.1 Å². The van der Waals surface area contributed by atoms with Crippen LogP contribution in [0.5, 0.6) is 0 Å². The topological polar surface area (TPSA) is 55.6 Å². The van der Waals surface area contributed by atoms with Crippen LogP contribution in [0.3, 0.4) is 0 Å². The van der Waals surface area contributed by atoms with E-state index in [4.69, 9.17) is 10.5 Å². The molecule has 3 rings (SSSR count). The van der Waals surface area contributed by atoms with Gasteiger partial charge in [0.2, 0.25) is 0 Å². The molecule has 1 aromatic rings. The number of fused-ring (bicyclic) bond motifs is 1. The van der Waals surface area contributed by atoms with Crippen LogP contribution in [0.2, 0.25) is 0 Å². The summed E-state index contributed by atoms with van der Waals surface area (Å²) in [5.41, 5.74) is 8.07. The third-order valence-electron chi connectivity index (χ3n) is 3.80. The molecule has 0 spiro atoms. The van der Waals surface area contributed by atoms with Crippen LogP contribution in [0.1, 0.15) is 24.0 Å². The molecule has 1 fully saturated rings. The highest BCUT2D eigenvalue weighted by atomic mass is 16.5. The Bertz CT molecular complexity index is 436. The van der Waals surface area contributed by atoms with E-state index in [2.05, 4.69) is 12.1 Å². The van der Waals surface area contributed by atoms with Crippen LogP contribution in [0.25, 0.3) is 0 Å². The summed E-state index contributed by atoms with van der Waals surface area (Å²) in [5.74, 6) is 0.113. The van der Waals surface area contributed by atoms with Crippen molar-refractivity contribution in [1.82, 2.24) is 4.90 Å². The third-order valence-corrected chi connectivity index (χ3v) is 3.80. The molecule has 2 heterocycles. The third kappa shape index (κ3) is 2.02. The molecule has 2 unspecified atom stereocenters. The van der Waals surface area contributed by atoms with Gasteiger partial charge in [-0.05, 0) is 24.0 Å². The fraction of sp³-hybridized carbons (Fsp3) is 0.500. The minimum atomic E-state index is -0.284. The fourth-order valence-corrected chi connectivity index (χ4v) is 2.75. The Kier molecular flexibility index (Phi) is 3.06. The van der Waals surface area contributed by atoms with Gasteiger partial charge in [-0.25, -0.2) is 0 Å².